The van der Waals surface area contributed by atoms with Crippen LogP contribution in [0.4, 0.5) is 20.3 Å². The summed E-state index contributed by atoms with van der Waals surface area (Å²) >= 11 is 0. The molecule has 1 aliphatic rings. The van der Waals surface area contributed by atoms with E-state index >= 15 is 0 Å². The molecule has 0 radical (unpaired) electrons. The molecule has 3 aromatic rings. The molecule has 11 heteroatoms. The van der Waals surface area contributed by atoms with E-state index in [2.05, 4.69) is 15.0 Å². The van der Waals surface area contributed by atoms with Gasteiger partial charge in [0.25, 0.3) is 5.92 Å². The van der Waals surface area contributed by atoms with Gasteiger partial charge in [-0.05, 0) is 30.0 Å². The molecule has 0 amide bonds. The predicted octanol–water partition coefficient (Wildman–Crippen LogP) is -0.872. The van der Waals surface area contributed by atoms with Gasteiger partial charge in [0.15, 0.2) is 5.82 Å². The van der Waals surface area contributed by atoms with Crippen LogP contribution in [0.15, 0.2) is 42.7 Å². The third-order valence-corrected chi connectivity index (χ3v) is 5.63. The van der Waals surface area contributed by atoms with E-state index in [0.29, 0.717) is 29.2 Å². The van der Waals surface area contributed by atoms with E-state index in [0.717, 1.165) is 11.1 Å². The maximum Gasteiger partial charge on any atom is 1.00 e. The summed E-state index contributed by atoms with van der Waals surface area (Å²) in [6.07, 6.45) is 3.21. The second kappa shape index (κ2) is 10.4. The molecule has 1 fully saturated rings. The number of carbonyl (C=O) groups is 1. The van der Waals surface area contributed by atoms with Gasteiger partial charge in [-0.15, -0.1) is 0 Å². The van der Waals surface area contributed by atoms with Gasteiger partial charge in [-0.1, -0.05) is 24.3 Å². The van der Waals surface area contributed by atoms with Crippen LogP contribution in [0.1, 0.15) is 28.0 Å². The number of rotatable bonds is 7. The molecule has 1 aliphatic heterocycles. The van der Waals surface area contributed by atoms with Gasteiger partial charge < -0.3 is 25.3 Å². The number of alkyl halides is 2. The Morgan fingerprint density at radius 1 is 1.21 bits per heavy atom. The molecule has 8 nitrogen and oxygen atoms in total. The molecule has 3 heterocycles. The second-order valence-corrected chi connectivity index (χ2v) is 7.78. The first-order chi connectivity index (χ1) is 15.8. The number of anilines is 2. The van der Waals surface area contributed by atoms with E-state index in [1.807, 2.05) is 24.3 Å². The molecule has 0 aliphatic carbocycles. The first-order valence-corrected chi connectivity index (χ1v) is 10.4. The number of pyridine rings is 1. The molecule has 0 spiro atoms. The average Bonchev–Trinajstić information content (AvgIpc) is 3.17. The Morgan fingerprint density at radius 3 is 2.65 bits per heavy atom. The fraction of sp³-hybridized carbons (Fsp3) is 0.304. The number of carboxylic acids is 1. The SMILES string of the molecule is COc1ncc(C(=O)[O-])c(CCc2ccccc2-c2ccnc(N3CCC(F)(F)C3)c2N)n1.[Li+]. The summed E-state index contributed by atoms with van der Waals surface area (Å²) in [6, 6.07) is 9.29. The van der Waals surface area contributed by atoms with Gasteiger partial charge in [-0.2, -0.15) is 4.98 Å². The van der Waals surface area contributed by atoms with Crippen molar-refractivity contribution in [2.24, 2.45) is 0 Å². The molecule has 0 saturated carbocycles. The zero-order valence-electron chi connectivity index (χ0n) is 18.9. The van der Waals surface area contributed by atoms with Crippen LogP contribution >= 0.6 is 0 Å². The topological polar surface area (TPSA) is 117 Å². The number of nitrogens with zero attached hydrogens (tertiary/aromatic N) is 4. The fourth-order valence-corrected chi connectivity index (χ4v) is 3.98. The van der Waals surface area contributed by atoms with E-state index in [-0.39, 0.29) is 49.8 Å². The maximum absolute atomic E-state index is 13.7. The van der Waals surface area contributed by atoms with E-state index < -0.39 is 18.4 Å². The standard InChI is InChI=1S/C23H23F2N5O3.Li/c1-33-22-28-12-17(21(31)32)18(29-22)7-6-14-4-2-3-5-15(14)16-8-10-27-20(19(16)26)30-11-9-23(24,25)13-30;/h2-5,8,10,12H,6-7,9,11,13,26H2,1H3,(H,31,32);/q;+1/p-1. The summed E-state index contributed by atoms with van der Waals surface area (Å²) in [5.74, 6) is -3.80. The molecule has 1 saturated heterocycles. The Kier molecular flexibility index (Phi) is 7.74. The summed E-state index contributed by atoms with van der Waals surface area (Å²) in [7, 11) is 1.40. The Hall–Kier alpha value is -3.22. The number of aromatic nitrogens is 3. The number of carbonyl (C=O) groups excluding carboxylic acids is 1. The van der Waals surface area contributed by atoms with Crippen LogP contribution in [-0.4, -0.2) is 47.0 Å². The van der Waals surface area contributed by atoms with Crippen molar-refractivity contribution in [1.82, 2.24) is 15.0 Å². The van der Waals surface area contributed by atoms with Crippen LogP contribution in [0.5, 0.6) is 6.01 Å². The summed E-state index contributed by atoms with van der Waals surface area (Å²) in [6.45, 7) is -0.242. The molecule has 4 rings (SSSR count). The Labute approximate surface area is 207 Å². The number of aromatic carboxylic acids is 1. The molecular weight excluding hydrogens is 439 g/mol. The van der Waals surface area contributed by atoms with Crippen molar-refractivity contribution in [3.63, 3.8) is 0 Å². The van der Waals surface area contributed by atoms with E-state index in [1.165, 1.54) is 18.2 Å². The van der Waals surface area contributed by atoms with Crippen molar-refractivity contribution in [3.8, 4) is 17.1 Å². The van der Waals surface area contributed by atoms with Crippen molar-refractivity contribution < 1.29 is 42.3 Å². The zero-order valence-corrected chi connectivity index (χ0v) is 18.9. The van der Waals surface area contributed by atoms with Gasteiger partial charge in [0, 0.05) is 36.5 Å². The van der Waals surface area contributed by atoms with E-state index in [1.54, 1.807) is 12.3 Å². The molecule has 0 bridgehead atoms. The number of halogens is 2. The van der Waals surface area contributed by atoms with Crippen molar-refractivity contribution in [2.75, 3.05) is 30.8 Å². The van der Waals surface area contributed by atoms with Crippen LogP contribution in [0.2, 0.25) is 0 Å². The second-order valence-electron chi connectivity index (χ2n) is 7.78. The molecule has 0 atom stereocenters. The molecule has 2 N–H and O–H groups in total. The molecule has 1 aromatic carbocycles. The monoisotopic (exact) mass is 461 g/mol. The minimum absolute atomic E-state index is 0. The molecular formula is C23H22F2LiN5O3. The van der Waals surface area contributed by atoms with Crippen LogP contribution in [0.3, 0.4) is 0 Å². The van der Waals surface area contributed by atoms with Crippen molar-refractivity contribution in [3.05, 3.63) is 59.5 Å². The Morgan fingerprint density at radius 2 is 1.97 bits per heavy atom. The molecule has 2 aromatic heterocycles. The molecule has 34 heavy (non-hydrogen) atoms. The first-order valence-electron chi connectivity index (χ1n) is 10.4. The number of methoxy groups -OCH3 is 1. The normalized spacial score (nSPS) is 14.5. The van der Waals surface area contributed by atoms with Crippen LogP contribution in [-0.2, 0) is 12.8 Å². The predicted molar refractivity (Wildman–Crippen MR) is 116 cm³/mol. The van der Waals surface area contributed by atoms with Crippen LogP contribution in [0.25, 0.3) is 11.1 Å². The van der Waals surface area contributed by atoms with Gasteiger partial charge >= 0.3 is 24.9 Å². The summed E-state index contributed by atoms with van der Waals surface area (Å²) in [5.41, 5.74) is 9.26. The number of nitrogens with two attached hydrogens (primary N) is 1. The Balaban J connectivity index is 0.00000324. The van der Waals surface area contributed by atoms with E-state index in [4.69, 9.17) is 10.5 Å². The number of aryl methyl sites for hydroxylation is 2. The number of benzene rings is 1. The summed E-state index contributed by atoms with van der Waals surface area (Å²) < 4.78 is 32.5. The van der Waals surface area contributed by atoms with E-state index in [9.17, 15) is 18.7 Å². The quantitative estimate of drug-likeness (QED) is 0.452. The van der Waals surface area contributed by atoms with Crippen molar-refractivity contribution in [1.29, 1.82) is 0 Å². The number of hydrogen-bond acceptors (Lipinski definition) is 8. The largest absolute Gasteiger partial charge is 1.00 e. The van der Waals surface area contributed by atoms with Crippen LogP contribution in [0, 0.1) is 0 Å². The minimum atomic E-state index is -2.77. The van der Waals surface area contributed by atoms with Crippen molar-refractivity contribution in [2.45, 2.75) is 25.2 Å². The van der Waals surface area contributed by atoms with Gasteiger partial charge in [-0.25, -0.2) is 18.7 Å². The number of hydrogen-bond donors (Lipinski definition) is 1. The van der Waals surface area contributed by atoms with Crippen LogP contribution < -0.4 is 39.3 Å². The minimum Gasteiger partial charge on any atom is -0.545 e. The third-order valence-electron chi connectivity index (χ3n) is 5.63. The maximum atomic E-state index is 13.7. The number of nitrogen functional groups attached to an aromatic ring is 1. The third kappa shape index (κ3) is 5.29. The zero-order chi connectivity index (χ0) is 23.6. The summed E-state index contributed by atoms with van der Waals surface area (Å²) in [5, 5.41) is 11.5. The van der Waals surface area contributed by atoms with Gasteiger partial charge in [-0.3, -0.25) is 0 Å². The van der Waals surface area contributed by atoms with Crippen molar-refractivity contribution >= 4 is 17.5 Å². The molecule has 172 valence electrons. The average molecular weight is 461 g/mol. The molecule has 0 unspecified atom stereocenters. The van der Waals surface area contributed by atoms with Gasteiger partial charge in [0.1, 0.15) is 0 Å². The smallest absolute Gasteiger partial charge is 0.545 e. The number of ether oxygens (including phenoxy) is 1. The Bertz CT molecular complexity index is 1200. The fourth-order valence-electron chi connectivity index (χ4n) is 3.98. The van der Waals surface area contributed by atoms with Gasteiger partial charge in [0.2, 0.25) is 0 Å². The summed E-state index contributed by atoms with van der Waals surface area (Å²) in [4.78, 5) is 25.2. The number of carboxylic acid groups (broad SMARTS) is 1. The first kappa shape index (κ1) is 25.4. The van der Waals surface area contributed by atoms with Gasteiger partial charge in [0.05, 0.1) is 31.0 Å².